The lowest BCUT2D eigenvalue weighted by Gasteiger charge is -1.89. The molecule has 0 unspecified atom stereocenters. The summed E-state index contributed by atoms with van der Waals surface area (Å²) in [5, 5.41) is 8.63. The number of hydrogen-bond donors (Lipinski definition) is 3. The second-order valence-corrected chi connectivity index (χ2v) is 2.67. The molecule has 0 bridgehead atoms. The summed E-state index contributed by atoms with van der Waals surface area (Å²) in [6.45, 7) is 0. The molecule has 0 amide bonds. The van der Waals surface area contributed by atoms with Gasteiger partial charge in [0.05, 0.1) is 11.0 Å². The predicted octanol–water partition coefficient (Wildman–Crippen LogP) is 1.27. The van der Waals surface area contributed by atoms with Crippen molar-refractivity contribution in [2.24, 2.45) is 0 Å². The Balaban J connectivity index is 0.000000980. The zero-order valence-electron chi connectivity index (χ0n) is 7.02. The molecule has 6 heteroatoms. The van der Waals surface area contributed by atoms with Crippen LogP contribution >= 0.6 is 12.4 Å². The van der Waals surface area contributed by atoms with Gasteiger partial charge in [0.2, 0.25) is 5.82 Å². The van der Waals surface area contributed by atoms with Crippen LogP contribution in [-0.4, -0.2) is 21.0 Å². The average Bonchev–Trinajstić information content (AvgIpc) is 2.46. The molecule has 0 radical (unpaired) electrons. The zero-order valence-corrected chi connectivity index (χ0v) is 7.84. The first-order valence-electron chi connectivity index (χ1n) is 3.65. The molecule has 4 N–H and O–H groups in total. The lowest BCUT2D eigenvalue weighted by atomic mass is 10.3. The van der Waals surface area contributed by atoms with Crippen LogP contribution in [0.25, 0.3) is 11.0 Å². The Morgan fingerprint density at radius 3 is 2.86 bits per heavy atom. The first-order valence-corrected chi connectivity index (χ1v) is 3.65. The number of fused-ring (bicyclic) bond motifs is 1. The summed E-state index contributed by atoms with van der Waals surface area (Å²) in [7, 11) is 0. The second-order valence-electron chi connectivity index (χ2n) is 2.67. The third-order valence-corrected chi connectivity index (χ3v) is 1.71. The van der Waals surface area contributed by atoms with Crippen LogP contribution in [0.15, 0.2) is 18.2 Å². The molecule has 5 nitrogen and oxygen atoms in total. The Bertz CT molecular complexity index is 480. The Kier molecular flexibility index (Phi) is 2.62. The SMILES string of the molecule is Cl.Nc1ccc2nc(C(=O)O)[nH]c2c1. The van der Waals surface area contributed by atoms with E-state index in [0.29, 0.717) is 16.7 Å². The number of imidazole rings is 1. The summed E-state index contributed by atoms with van der Waals surface area (Å²) < 4.78 is 0. The molecular formula is C8H8ClN3O2. The fraction of sp³-hybridized carbons (Fsp3) is 0. The Morgan fingerprint density at radius 1 is 1.50 bits per heavy atom. The molecule has 0 saturated heterocycles. The van der Waals surface area contributed by atoms with Gasteiger partial charge in [0.1, 0.15) is 0 Å². The maximum atomic E-state index is 10.5. The molecule has 0 aliphatic carbocycles. The number of carboxylic acid groups (broad SMARTS) is 1. The summed E-state index contributed by atoms with van der Waals surface area (Å²) in [6, 6.07) is 5.00. The molecule has 14 heavy (non-hydrogen) atoms. The molecule has 0 aliphatic heterocycles. The van der Waals surface area contributed by atoms with E-state index in [9.17, 15) is 4.79 Å². The highest BCUT2D eigenvalue weighted by Gasteiger charge is 2.08. The minimum Gasteiger partial charge on any atom is -0.475 e. The minimum atomic E-state index is -1.07. The number of carboxylic acids is 1. The monoisotopic (exact) mass is 213 g/mol. The molecule has 2 rings (SSSR count). The number of nitrogens with two attached hydrogens (primary N) is 1. The van der Waals surface area contributed by atoms with Gasteiger partial charge in [-0.05, 0) is 18.2 Å². The van der Waals surface area contributed by atoms with Crippen molar-refractivity contribution >= 4 is 35.1 Å². The molecule has 0 atom stereocenters. The van der Waals surface area contributed by atoms with Gasteiger partial charge < -0.3 is 15.8 Å². The van der Waals surface area contributed by atoms with Crippen molar-refractivity contribution in [3.05, 3.63) is 24.0 Å². The van der Waals surface area contributed by atoms with Crippen molar-refractivity contribution < 1.29 is 9.90 Å². The number of aromatic carboxylic acids is 1. The van der Waals surface area contributed by atoms with Crippen molar-refractivity contribution in [1.29, 1.82) is 0 Å². The molecule has 1 aromatic heterocycles. The van der Waals surface area contributed by atoms with E-state index < -0.39 is 5.97 Å². The number of carbonyl (C=O) groups is 1. The van der Waals surface area contributed by atoms with Gasteiger partial charge in [0.25, 0.3) is 0 Å². The number of aromatic amines is 1. The number of halogens is 1. The van der Waals surface area contributed by atoms with Crippen molar-refractivity contribution in [1.82, 2.24) is 9.97 Å². The highest BCUT2D eigenvalue weighted by molar-refractivity contribution is 5.89. The van der Waals surface area contributed by atoms with Crippen molar-refractivity contribution in [2.45, 2.75) is 0 Å². The van der Waals surface area contributed by atoms with Gasteiger partial charge in [-0.3, -0.25) is 0 Å². The molecule has 0 aliphatic rings. The maximum Gasteiger partial charge on any atom is 0.371 e. The summed E-state index contributed by atoms with van der Waals surface area (Å²) in [4.78, 5) is 17.0. The fourth-order valence-corrected chi connectivity index (χ4v) is 1.13. The number of nitrogens with one attached hydrogen (secondary N) is 1. The topological polar surface area (TPSA) is 92.0 Å². The maximum absolute atomic E-state index is 10.5. The number of H-pyrrole nitrogens is 1. The second kappa shape index (κ2) is 3.55. The van der Waals surface area contributed by atoms with E-state index in [-0.39, 0.29) is 18.2 Å². The Morgan fingerprint density at radius 2 is 2.21 bits per heavy atom. The van der Waals surface area contributed by atoms with Gasteiger partial charge in [-0.2, -0.15) is 0 Å². The molecule has 1 heterocycles. The van der Waals surface area contributed by atoms with Gasteiger partial charge in [-0.25, -0.2) is 9.78 Å². The van der Waals surface area contributed by atoms with Gasteiger partial charge in [-0.1, -0.05) is 0 Å². The van der Waals surface area contributed by atoms with E-state index in [1.54, 1.807) is 18.2 Å². The van der Waals surface area contributed by atoms with Crippen LogP contribution in [0, 0.1) is 0 Å². The van der Waals surface area contributed by atoms with E-state index >= 15 is 0 Å². The third-order valence-electron chi connectivity index (χ3n) is 1.71. The Labute approximate surface area is 85.4 Å². The van der Waals surface area contributed by atoms with Crippen LogP contribution in [0.4, 0.5) is 5.69 Å². The van der Waals surface area contributed by atoms with Crippen LogP contribution in [0.2, 0.25) is 0 Å². The Hall–Kier alpha value is -1.75. The molecule has 1 aromatic carbocycles. The van der Waals surface area contributed by atoms with Gasteiger partial charge >= 0.3 is 5.97 Å². The van der Waals surface area contributed by atoms with E-state index in [1.807, 2.05) is 0 Å². The smallest absolute Gasteiger partial charge is 0.371 e. The molecular weight excluding hydrogens is 206 g/mol. The van der Waals surface area contributed by atoms with Crippen molar-refractivity contribution in [3.8, 4) is 0 Å². The van der Waals surface area contributed by atoms with Crippen LogP contribution < -0.4 is 5.73 Å². The molecule has 0 saturated carbocycles. The van der Waals surface area contributed by atoms with Gasteiger partial charge in [0.15, 0.2) is 0 Å². The van der Waals surface area contributed by atoms with E-state index in [2.05, 4.69) is 9.97 Å². The number of nitrogens with zero attached hydrogens (tertiary/aromatic N) is 1. The number of anilines is 1. The minimum absolute atomic E-state index is 0. The fourth-order valence-electron chi connectivity index (χ4n) is 1.13. The highest BCUT2D eigenvalue weighted by Crippen LogP contribution is 2.14. The normalized spacial score (nSPS) is 9.71. The number of hydrogen-bond acceptors (Lipinski definition) is 3. The van der Waals surface area contributed by atoms with Crippen LogP contribution in [0.3, 0.4) is 0 Å². The van der Waals surface area contributed by atoms with Gasteiger partial charge in [-0.15, -0.1) is 12.4 Å². The number of aromatic nitrogens is 2. The predicted molar refractivity (Wildman–Crippen MR) is 54.7 cm³/mol. The number of benzene rings is 1. The van der Waals surface area contributed by atoms with Crippen molar-refractivity contribution in [2.75, 3.05) is 5.73 Å². The summed E-state index contributed by atoms with van der Waals surface area (Å²) in [5.41, 5.74) is 7.33. The zero-order chi connectivity index (χ0) is 9.42. The lowest BCUT2D eigenvalue weighted by Crippen LogP contribution is -1.97. The van der Waals surface area contributed by atoms with Crippen molar-refractivity contribution in [3.63, 3.8) is 0 Å². The number of rotatable bonds is 1. The van der Waals surface area contributed by atoms with E-state index in [1.165, 1.54) is 0 Å². The quantitative estimate of drug-likeness (QED) is 0.622. The molecule has 0 spiro atoms. The van der Waals surface area contributed by atoms with E-state index in [0.717, 1.165) is 0 Å². The summed E-state index contributed by atoms with van der Waals surface area (Å²) in [6.07, 6.45) is 0. The highest BCUT2D eigenvalue weighted by atomic mass is 35.5. The molecule has 0 fully saturated rings. The van der Waals surface area contributed by atoms with Crippen LogP contribution in [-0.2, 0) is 0 Å². The lowest BCUT2D eigenvalue weighted by molar-refractivity contribution is 0.0685. The standard InChI is InChI=1S/C8H7N3O2.ClH/c9-4-1-2-5-6(3-4)11-7(10-5)8(12)13;/h1-3H,9H2,(H,10,11)(H,12,13);1H. The van der Waals surface area contributed by atoms with Crippen LogP contribution in [0.5, 0.6) is 0 Å². The molecule has 74 valence electrons. The van der Waals surface area contributed by atoms with Gasteiger partial charge in [0, 0.05) is 5.69 Å². The summed E-state index contributed by atoms with van der Waals surface area (Å²) >= 11 is 0. The molecule has 2 aromatic rings. The number of nitrogen functional groups attached to an aromatic ring is 1. The average molecular weight is 214 g/mol. The third kappa shape index (κ3) is 1.62. The summed E-state index contributed by atoms with van der Waals surface area (Å²) in [5.74, 6) is -1.14. The van der Waals surface area contributed by atoms with Crippen LogP contribution in [0.1, 0.15) is 10.6 Å². The first kappa shape index (κ1) is 10.3. The largest absolute Gasteiger partial charge is 0.475 e. The first-order chi connectivity index (χ1) is 6.16. The van der Waals surface area contributed by atoms with E-state index in [4.69, 9.17) is 10.8 Å².